The molecule has 1 heterocycles. The van der Waals surface area contributed by atoms with Crippen LogP contribution in [-0.2, 0) is 9.47 Å². The highest BCUT2D eigenvalue weighted by atomic mass is 16.7. The van der Waals surface area contributed by atoms with E-state index >= 15 is 0 Å². The summed E-state index contributed by atoms with van der Waals surface area (Å²) >= 11 is 0. The fourth-order valence-electron chi connectivity index (χ4n) is 8.26. The van der Waals surface area contributed by atoms with E-state index in [2.05, 4.69) is 62.5 Å². The second-order valence-electron chi connectivity index (χ2n) is 11.9. The summed E-state index contributed by atoms with van der Waals surface area (Å²) in [4.78, 5) is 2.17. The van der Waals surface area contributed by atoms with E-state index in [1.807, 2.05) is 0 Å². The van der Waals surface area contributed by atoms with E-state index < -0.39 is 0 Å². The van der Waals surface area contributed by atoms with Gasteiger partial charge in [-0.25, -0.2) is 0 Å². The van der Waals surface area contributed by atoms with Gasteiger partial charge in [0.1, 0.15) is 0 Å². The van der Waals surface area contributed by atoms with Gasteiger partial charge in [0.05, 0.1) is 19.3 Å². The summed E-state index contributed by atoms with van der Waals surface area (Å²) in [7, 11) is 4.21. The number of fused-ring (bicyclic) bond motifs is 4. The minimum atomic E-state index is -0.308. The molecular formula is C31H43NO3. The van der Waals surface area contributed by atoms with Gasteiger partial charge in [-0.05, 0) is 86.3 Å². The van der Waals surface area contributed by atoms with Crippen LogP contribution in [0.3, 0.4) is 0 Å². The average molecular weight is 478 g/mol. The first-order valence-corrected chi connectivity index (χ1v) is 13.7. The topological polar surface area (TPSA) is 41.9 Å². The Morgan fingerprint density at radius 3 is 2.37 bits per heavy atom. The lowest BCUT2D eigenvalue weighted by Crippen LogP contribution is -2.47. The van der Waals surface area contributed by atoms with Crippen LogP contribution in [0, 0.1) is 35.5 Å². The molecular weight excluding hydrogens is 434 g/mol. The van der Waals surface area contributed by atoms with Crippen molar-refractivity contribution in [2.24, 2.45) is 23.2 Å². The minimum absolute atomic E-state index is 0.0417. The van der Waals surface area contributed by atoms with Crippen molar-refractivity contribution in [2.75, 3.05) is 32.2 Å². The first-order valence-electron chi connectivity index (χ1n) is 13.7. The van der Waals surface area contributed by atoms with E-state index in [-0.39, 0.29) is 17.3 Å². The van der Waals surface area contributed by atoms with Gasteiger partial charge in [0.25, 0.3) is 0 Å². The number of anilines is 1. The van der Waals surface area contributed by atoms with Crippen molar-refractivity contribution in [1.29, 1.82) is 0 Å². The molecule has 4 fully saturated rings. The van der Waals surface area contributed by atoms with Gasteiger partial charge >= 0.3 is 0 Å². The monoisotopic (exact) mass is 477 g/mol. The standard InChI is InChI=1S/C28H39NO3.C3H4/c1-27-17-23(18-4-7-20(8-5-18)29(2)3)26-21-12-13-28(31-14-15-32-28)16-19(21)6-9-22(26)24(27)10-11-25(27)30;1-3-2/h4-5,7-8,19,22-25,30H,6,9-17H2,1-3H3;1H,2H3/t19?,22?,23?,24?,25?,27-;/m0./s1. The molecule has 1 spiro atoms. The summed E-state index contributed by atoms with van der Waals surface area (Å²) in [6.07, 6.45) is 13.4. The number of nitrogens with zero attached hydrogens (tertiary/aromatic N) is 1. The largest absolute Gasteiger partial charge is 0.393 e. The number of hydrogen-bond donors (Lipinski definition) is 1. The van der Waals surface area contributed by atoms with Crippen molar-refractivity contribution in [3.8, 4) is 12.3 Å². The second kappa shape index (κ2) is 9.58. The van der Waals surface area contributed by atoms with Crippen molar-refractivity contribution in [1.82, 2.24) is 0 Å². The van der Waals surface area contributed by atoms with Crippen molar-refractivity contribution in [2.45, 2.75) is 83.0 Å². The average Bonchev–Trinajstić information content (AvgIpc) is 3.42. The van der Waals surface area contributed by atoms with E-state index in [0.29, 0.717) is 23.7 Å². The summed E-state index contributed by atoms with van der Waals surface area (Å²) in [5.41, 5.74) is 6.22. The molecule has 1 aromatic carbocycles. The zero-order valence-corrected chi connectivity index (χ0v) is 22.1. The normalized spacial score (nSPS) is 37.0. The van der Waals surface area contributed by atoms with Crippen molar-refractivity contribution < 1.29 is 14.6 Å². The SMILES string of the molecule is C#CC.CN(C)c1ccc(C2C[C@]3(C)C(O)CCC3C3CCC4CC5(CCC4=C23)OCCO5)cc1. The van der Waals surface area contributed by atoms with Gasteiger partial charge < -0.3 is 19.5 Å². The van der Waals surface area contributed by atoms with Crippen molar-refractivity contribution in [3.63, 3.8) is 0 Å². The van der Waals surface area contributed by atoms with Gasteiger partial charge in [0, 0.05) is 38.5 Å². The highest BCUT2D eigenvalue weighted by molar-refractivity contribution is 5.49. The number of benzene rings is 1. The molecule has 0 amide bonds. The van der Waals surface area contributed by atoms with Crippen LogP contribution in [0.4, 0.5) is 5.69 Å². The predicted molar refractivity (Wildman–Crippen MR) is 141 cm³/mol. The third kappa shape index (κ3) is 4.24. The molecule has 4 nitrogen and oxygen atoms in total. The Bertz CT molecular complexity index is 983. The molecule has 35 heavy (non-hydrogen) atoms. The maximum Gasteiger partial charge on any atom is 0.169 e. The van der Waals surface area contributed by atoms with Crippen LogP contribution in [0.25, 0.3) is 0 Å². The lowest BCUT2D eigenvalue weighted by molar-refractivity contribution is -0.181. The summed E-state index contributed by atoms with van der Waals surface area (Å²) < 4.78 is 12.3. The third-order valence-electron chi connectivity index (χ3n) is 9.91. The molecule has 0 bridgehead atoms. The molecule has 6 rings (SSSR count). The number of terminal acetylenes is 1. The number of ether oxygens (including phenoxy) is 2. The molecule has 4 aliphatic carbocycles. The Kier molecular flexibility index (Phi) is 6.81. The van der Waals surface area contributed by atoms with Crippen molar-refractivity contribution in [3.05, 3.63) is 41.0 Å². The van der Waals surface area contributed by atoms with Gasteiger partial charge in [0.2, 0.25) is 0 Å². The van der Waals surface area contributed by atoms with Crippen molar-refractivity contribution >= 4 is 5.69 Å². The van der Waals surface area contributed by atoms with Gasteiger partial charge in [-0.3, -0.25) is 0 Å². The highest BCUT2D eigenvalue weighted by Crippen LogP contribution is 2.64. The Labute approximate surface area is 212 Å². The summed E-state index contributed by atoms with van der Waals surface area (Å²) in [6, 6.07) is 9.25. The molecule has 6 atom stereocenters. The van der Waals surface area contributed by atoms with E-state index in [0.717, 1.165) is 45.3 Å². The number of rotatable bonds is 2. The molecule has 1 aromatic rings. The van der Waals surface area contributed by atoms with Gasteiger partial charge in [-0.2, -0.15) is 0 Å². The lowest BCUT2D eigenvalue weighted by Gasteiger charge is -2.54. The fraction of sp³-hybridized carbons (Fsp3) is 0.677. The minimum Gasteiger partial charge on any atom is -0.393 e. The van der Waals surface area contributed by atoms with E-state index in [1.165, 1.54) is 30.5 Å². The van der Waals surface area contributed by atoms with Crippen LogP contribution >= 0.6 is 0 Å². The molecule has 3 saturated carbocycles. The Hall–Kier alpha value is -1.80. The van der Waals surface area contributed by atoms with Crippen LogP contribution in [0.2, 0.25) is 0 Å². The molecule has 1 aliphatic heterocycles. The molecule has 4 heteroatoms. The third-order valence-corrected chi connectivity index (χ3v) is 9.91. The number of hydrogen-bond acceptors (Lipinski definition) is 4. The maximum absolute atomic E-state index is 11.1. The Morgan fingerprint density at radius 2 is 1.71 bits per heavy atom. The zero-order chi connectivity index (χ0) is 24.8. The van der Waals surface area contributed by atoms with Crippen LogP contribution in [0.5, 0.6) is 0 Å². The van der Waals surface area contributed by atoms with E-state index in [4.69, 9.17) is 9.47 Å². The van der Waals surface area contributed by atoms with Crippen LogP contribution in [0.1, 0.15) is 76.7 Å². The maximum atomic E-state index is 11.1. The quantitative estimate of drug-likeness (QED) is 0.425. The van der Waals surface area contributed by atoms with Crippen LogP contribution in [0.15, 0.2) is 35.4 Å². The number of allylic oxidation sites excluding steroid dienone is 2. The molecule has 5 aliphatic rings. The summed E-state index contributed by atoms with van der Waals surface area (Å²) in [6.45, 7) is 5.54. The molecule has 0 aromatic heterocycles. The molecule has 5 unspecified atom stereocenters. The predicted octanol–water partition coefficient (Wildman–Crippen LogP) is 5.91. The van der Waals surface area contributed by atoms with E-state index in [1.54, 1.807) is 18.1 Å². The lowest BCUT2D eigenvalue weighted by atomic mass is 9.52. The zero-order valence-electron chi connectivity index (χ0n) is 22.1. The second-order valence-corrected chi connectivity index (χ2v) is 11.9. The number of aliphatic hydroxyl groups is 1. The van der Waals surface area contributed by atoms with Gasteiger partial charge in [-0.1, -0.05) is 30.2 Å². The molecule has 0 radical (unpaired) electrons. The van der Waals surface area contributed by atoms with Crippen LogP contribution in [-0.4, -0.2) is 44.3 Å². The fourth-order valence-corrected chi connectivity index (χ4v) is 8.26. The van der Waals surface area contributed by atoms with Gasteiger partial charge in [0.15, 0.2) is 5.79 Å². The summed E-state index contributed by atoms with van der Waals surface area (Å²) in [5, 5.41) is 11.1. The molecule has 1 N–H and O–H groups in total. The molecule has 190 valence electrons. The first-order chi connectivity index (χ1) is 16.8. The smallest absolute Gasteiger partial charge is 0.169 e. The number of aliphatic hydroxyl groups excluding tert-OH is 1. The molecule has 1 saturated heterocycles. The Morgan fingerprint density at radius 1 is 1.03 bits per heavy atom. The van der Waals surface area contributed by atoms with Gasteiger partial charge in [-0.15, -0.1) is 12.3 Å². The van der Waals surface area contributed by atoms with E-state index in [9.17, 15) is 5.11 Å². The Balaban J connectivity index is 0.000000806. The summed E-state index contributed by atoms with van der Waals surface area (Å²) in [5.74, 6) is 4.25. The van der Waals surface area contributed by atoms with Crippen LogP contribution < -0.4 is 4.90 Å². The highest BCUT2D eigenvalue weighted by Gasteiger charge is 2.57. The first kappa shape index (κ1) is 24.9.